The molecule has 0 aromatic carbocycles. The van der Waals surface area contributed by atoms with Crippen LogP contribution in [-0.4, -0.2) is 60.0 Å². The smallest absolute Gasteiger partial charge is 0.255 e. The van der Waals surface area contributed by atoms with E-state index in [4.69, 9.17) is 9.47 Å². The highest BCUT2D eigenvalue weighted by Crippen LogP contribution is 2.41. The van der Waals surface area contributed by atoms with Gasteiger partial charge in [-0.25, -0.2) is 0 Å². The number of carbonyl (C=O) groups excluding carboxylic acids is 1. The lowest BCUT2D eigenvalue weighted by Gasteiger charge is -2.50. The highest BCUT2D eigenvalue weighted by molar-refractivity contribution is 5.93. The third-order valence-corrected chi connectivity index (χ3v) is 5.55. The first-order chi connectivity index (χ1) is 11.8. The quantitative estimate of drug-likeness (QED) is 0.825. The number of hydrogen-bond acceptors (Lipinski definition) is 5. The van der Waals surface area contributed by atoms with Crippen molar-refractivity contribution in [2.45, 2.75) is 38.2 Å². The number of fused-ring (bicyclic) bond motifs is 1. The van der Waals surface area contributed by atoms with Crippen LogP contribution in [-0.2, 0) is 9.47 Å². The zero-order chi connectivity index (χ0) is 16.4. The van der Waals surface area contributed by atoms with E-state index in [-0.39, 0.29) is 17.4 Å². The molecule has 2 unspecified atom stereocenters. The van der Waals surface area contributed by atoms with Gasteiger partial charge in [0.1, 0.15) is 0 Å². The van der Waals surface area contributed by atoms with E-state index in [0.29, 0.717) is 18.7 Å². The fourth-order valence-electron chi connectivity index (χ4n) is 3.99. The molecule has 2 saturated heterocycles. The number of aromatic nitrogens is 2. The fourth-order valence-corrected chi connectivity index (χ4v) is 3.99. The predicted molar refractivity (Wildman–Crippen MR) is 87.5 cm³/mol. The van der Waals surface area contributed by atoms with Crippen molar-refractivity contribution >= 4 is 5.91 Å². The first-order valence-electron chi connectivity index (χ1n) is 9.02. The van der Waals surface area contributed by atoms with E-state index in [9.17, 15) is 4.79 Å². The predicted octanol–water partition coefficient (Wildman–Crippen LogP) is 1.91. The van der Waals surface area contributed by atoms with Crippen molar-refractivity contribution in [2.24, 2.45) is 11.3 Å². The molecule has 0 radical (unpaired) electrons. The summed E-state index contributed by atoms with van der Waals surface area (Å²) < 4.78 is 12.1. The van der Waals surface area contributed by atoms with Crippen LogP contribution in [0.15, 0.2) is 18.5 Å². The lowest BCUT2D eigenvalue weighted by Crippen LogP contribution is -2.58. The summed E-state index contributed by atoms with van der Waals surface area (Å²) in [5.41, 5.74) is 0.552. The molecule has 3 heterocycles. The molecule has 1 aromatic rings. The topological polar surface area (TPSA) is 64.6 Å². The van der Waals surface area contributed by atoms with Crippen LogP contribution in [0.2, 0.25) is 0 Å². The zero-order valence-electron chi connectivity index (χ0n) is 14.0. The molecule has 0 bridgehead atoms. The Hall–Kier alpha value is -1.53. The van der Waals surface area contributed by atoms with E-state index in [1.807, 2.05) is 4.90 Å². The molecule has 2 atom stereocenters. The van der Waals surface area contributed by atoms with Gasteiger partial charge in [-0.2, -0.15) is 10.2 Å². The molecule has 1 saturated carbocycles. The molecule has 6 heteroatoms. The van der Waals surface area contributed by atoms with E-state index in [1.54, 1.807) is 18.5 Å². The Morgan fingerprint density at radius 3 is 3.08 bits per heavy atom. The second-order valence-corrected chi connectivity index (χ2v) is 7.43. The summed E-state index contributed by atoms with van der Waals surface area (Å²) in [4.78, 5) is 14.7. The number of hydrogen-bond donors (Lipinski definition) is 0. The molecule has 2 aliphatic heterocycles. The molecule has 4 rings (SSSR count). The molecule has 0 spiro atoms. The van der Waals surface area contributed by atoms with Crippen molar-refractivity contribution in [2.75, 3.05) is 32.9 Å². The monoisotopic (exact) mass is 331 g/mol. The molecular weight excluding hydrogens is 306 g/mol. The molecule has 3 fully saturated rings. The number of likely N-dealkylation sites (tertiary alicyclic amines) is 1. The van der Waals surface area contributed by atoms with Crippen LogP contribution < -0.4 is 0 Å². The van der Waals surface area contributed by atoms with Crippen LogP contribution >= 0.6 is 0 Å². The minimum atomic E-state index is -0.0541. The van der Waals surface area contributed by atoms with Crippen molar-refractivity contribution in [1.29, 1.82) is 0 Å². The van der Waals surface area contributed by atoms with E-state index in [0.717, 1.165) is 44.9 Å². The summed E-state index contributed by atoms with van der Waals surface area (Å²) in [6, 6.07) is 1.73. The number of piperidine rings is 1. The minimum Gasteiger partial charge on any atom is -0.380 e. The second kappa shape index (κ2) is 6.76. The van der Waals surface area contributed by atoms with Gasteiger partial charge >= 0.3 is 0 Å². The maximum atomic E-state index is 12.8. The lowest BCUT2D eigenvalue weighted by molar-refractivity contribution is -0.147. The third-order valence-electron chi connectivity index (χ3n) is 5.55. The first kappa shape index (κ1) is 16.0. The Kier molecular flexibility index (Phi) is 4.50. The number of carbonyl (C=O) groups is 1. The molecule has 0 N–H and O–H groups in total. The fraction of sp³-hybridized carbons (Fsp3) is 0.722. The van der Waals surface area contributed by atoms with Gasteiger partial charge in [-0.05, 0) is 44.1 Å². The van der Waals surface area contributed by atoms with Gasteiger partial charge in [0.05, 0.1) is 30.7 Å². The maximum Gasteiger partial charge on any atom is 0.255 e. The number of amides is 1. The molecule has 24 heavy (non-hydrogen) atoms. The van der Waals surface area contributed by atoms with Crippen molar-refractivity contribution < 1.29 is 14.3 Å². The minimum absolute atomic E-state index is 0.0375. The summed E-state index contributed by atoms with van der Waals surface area (Å²) in [6.45, 7) is 3.83. The summed E-state index contributed by atoms with van der Waals surface area (Å²) in [6.07, 6.45) is 8.92. The molecule has 130 valence electrons. The lowest BCUT2D eigenvalue weighted by atomic mass is 9.73. The molecule has 6 nitrogen and oxygen atoms in total. The van der Waals surface area contributed by atoms with E-state index in [1.165, 1.54) is 12.8 Å². The van der Waals surface area contributed by atoms with Gasteiger partial charge in [-0.3, -0.25) is 4.79 Å². The molecule has 1 aromatic heterocycles. The van der Waals surface area contributed by atoms with Crippen LogP contribution in [0.5, 0.6) is 0 Å². The van der Waals surface area contributed by atoms with Gasteiger partial charge in [0.25, 0.3) is 5.91 Å². The summed E-state index contributed by atoms with van der Waals surface area (Å²) in [7, 11) is 0. The average Bonchev–Trinajstić information content (AvgIpc) is 3.45. The van der Waals surface area contributed by atoms with Crippen molar-refractivity contribution in [3.8, 4) is 0 Å². The normalized spacial score (nSPS) is 30.0. The van der Waals surface area contributed by atoms with Gasteiger partial charge in [0.2, 0.25) is 0 Å². The summed E-state index contributed by atoms with van der Waals surface area (Å²) in [5.74, 6) is 0.795. The van der Waals surface area contributed by atoms with E-state index < -0.39 is 0 Å². The molecular formula is C18H25N3O3. The average molecular weight is 331 g/mol. The number of nitrogens with zero attached hydrogens (tertiary/aromatic N) is 3. The molecule has 3 aliphatic rings. The second-order valence-electron chi connectivity index (χ2n) is 7.43. The van der Waals surface area contributed by atoms with Gasteiger partial charge in [-0.15, -0.1) is 0 Å². The Balaban J connectivity index is 1.46. The number of rotatable bonds is 5. The van der Waals surface area contributed by atoms with E-state index >= 15 is 0 Å². The zero-order valence-corrected chi connectivity index (χ0v) is 14.0. The van der Waals surface area contributed by atoms with Crippen LogP contribution in [0, 0.1) is 11.3 Å². The third kappa shape index (κ3) is 3.30. The van der Waals surface area contributed by atoms with Crippen LogP contribution in [0.4, 0.5) is 0 Å². The Morgan fingerprint density at radius 2 is 2.29 bits per heavy atom. The van der Waals surface area contributed by atoms with Gasteiger partial charge in [0.15, 0.2) is 0 Å². The van der Waals surface area contributed by atoms with Crippen LogP contribution in [0.25, 0.3) is 0 Å². The van der Waals surface area contributed by atoms with Crippen molar-refractivity contribution in [3.63, 3.8) is 0 Å². The van der Waals surface area contributed by atoms with Crippen molar-refractivity contribution in [1.82, 2.24) is 15.1 Å². The van der Waals surface area contributed by atoms with E-state index in [2.05, 4.69) is 10.2 Å². The molecule has 1 aliphatic carbocycles. The number of ether oxygens (including phenoxy) is 2. The van der Waals surface area contributed by atoms with Crippen LogP contribution in [0.1, 0.15) is 42.5 Å². The SMILES string of the molecule is O=C(c1ccnnc1)N1CCC2OCCCC2(COCC2CC2)C1. The Labute approximate surface area is 142 Å². The van der Waals surface area contributed by atoms with Gasteiger partial charge in [0, 0.05) is 31.7 Å². The first-order valence-corrected chi connectivity index (χ1v) is 9.02. The summed E-state index contributed by atoms with van der Waals surface area (Å²) >= 11 is 0. The largest absolute Gasteiger partial charge is 0.380 e. The van der Waals surface area contributed by atoms with Gasteiger partial charge in [-0.1, -0.05) is 0 Å². The van der Waals surface area contributed by atoms with Gasteiger partial charge < -0.3 is 14.4 Å². The maximum absolute atomic E-state index is 12.8. The summed E-state index contributed by atoms with van der Waals surface area (Å²) in [5, 5.41) is 7.58. The standard InChI is InChI=1S/C18H25N3O3/c22-17(15-4-7-19-20-10-15)21-8-5-16-18(12-21,6-1-9-24-16)13-23-11-14-2-3-14/h4,7,10,14,16H,1-3,5-6,8-9,11-13H2. The van der Waals surface area contributed by atoms with Crippen LogP contribution in [0.3, 0.4) is 0 Å². The highest BCUT2D eigenvalue weighted by atomic mass is 16.5. The van der Waals surface area contributed by atoms with Crippen molar-refractivity contribution in [3.05, 3.63) is 24.0 Å². The Bertz CT molecular complexity index is 578. The highest BCUT2D eigenvalue weighted by Gasteiger charge is 2.47. The molecule has 1 amide bonds. The Morgan fingerprint density at radius 1 is 1.38 bits per heavy atom.